The minimum atomic E-state index is -4.98. The fourth-order valence-corrected chi connectivity index (χ4v) is 5.87. The maximum atomic E-state index is 13.4. The van der Waals surface area contributed by atoms with Crippen LogP contribution in [0.1, 0.15) is 52.7 Å². The summed E-state index contributed by atoms with van der Waals surface area (Å²) >= 11 is 0. The van der Waals surface area contributed by atoms with Crippen LogP contribution in [0, 0.1) is 0 Å². The number of nitrogens with zero attached hydrogens (tertiary/aromatic N) is 5. The lowest BCUT2D eigenvalue weighted by Crippen LogP contribution is -2.55. The maximum absolute atomic E-state index is 13.4. The van der Waals surface area contributed by atoms with Crippen LogP contribution in [0.2, 0.25) is 0 Å². The molecular weight excluding hydrogens is 582 g/mol. The lowest BCUT2D eigenvalue weighted by atomic mass is 9.99. The highest BCUT2D eigenvalue weighted by Crippen LogP contribution is 2.51. The Bertz CT molecular complexity index is 1490. The number of H-pyrrole nitrogens is 1. The number of likely N-dealkylation sites (tertiary alicyclic amines) is 1. The van der Waals surface area contributed by atoms with E-state index in [4.69, 9.17) is 4.74 Å². The number of carbonyl (C=O) groups is 2. The first-order valence-corrected chi connectivity index (χ1v) is 13.9. The minimum Gasteiger partial charge on any atom is -0.438 e. The van der Waals surface area contributed by atoms with Gasteiger partial charge in [-0.25, -0.2) is 4.79 Å². The Morgan fingerprint density at radius 2 is 1.47 bits per heavy atom. The zero-order valence-electron chi connectivity index (χ0n) is 22.8. The van der Waals surface area contributed by atoms with Crippen LogP contribution >= 0.6 is 0 Å². The van der Waals surface area contributed by atoms with Gasteiger partial charge in [-0.3, -0.25) is 14.8 Å². The van der Waals surface area contributed by atoms with Crippen LogP contribution in [0.25, 0.3) is 11.0 Å². The number of halogens is 6. The lowest BCUT2D eigenvalue weighted by Gasteiger charge is -2.42. The van der Waals surface area contributed by atoms with Crippen molar-refractivity contribution in [2.75, 3.05) is 39.3 Å². The lowest BCUT2D eigenvalue weighted by molar-refractivity contribution is -0.143. The van der Waals surface area contributed by atoms with Crippen molar-refractivity contribution in [2.45, 2.75) is 49.7 Å². The number of amides is 2. The second-order valence-corrected chi connectivity index (χ2v) is 11.2. The highest BCUT2D eigenvalue weighted by molar-refractivity contribution is 5.97. The van der Waals surface area contributed by atoms with Crippen molar-refractivity contribution in [3.8, 4) is 0 Å². The highest BCUT2D eigenvalue weighted by Gasteiger charge is 2.51. The summed E-state index contributed by atoms with van der Waals surface area (Å²) < 4.78 is 85.7. The molecule has 0 radical (unpaired) electrons. The standard InChI is InChI=1S/C28H28F6N6O3/c29-27(30,31)19-14-18(15-20(16-19)28(32,33)34)26(5-6-26)43-25(42)40-11-9-38(10-12-40)21-3-7-39(8-4-21)24(41)17-1-2-22-23(13-17)36-37-35-22/h1-2,13-16,21H,3-12H2,(H,35,36,37). The van der Waals surface area contributed by atoms with Crippen LogP contribution < -0.4 is 0 Å². The molecule has 6 rings (SSSR count). The summed E-state index contributed by atoms with van der Waals surface area (Å²) in [5, 5.41) is 10.4. The molecule has 3 heterocycles. The monoisotopic (exact) mass is 610 g/mol. The zero-order valence-corrected chi connectivity index (χ0v) is 22.8. The number of hydrogen-bond donors (Lipinski definition) is 1. The van der Waals surface area contributed by atoms with Gasteiger partial charge in [-0.05, 0) is 67.6 Å². The number of piperidine rings is 1. The van der Waals surface area contributed by atoms with Crippen LogP contribution in [0.4, 0.5) is 31.1 Å². The van der Waals surface area contributed by atoms with Crippen molar-refractivity contribution in [3.63, 3.8) is 0 Å². The normalized spacial score (nSPS) is 20.0. The number of aromatic amines is 1. The SMILES string of the molecule is O=C(OC1(c2cc(C(F)(F)F)cc(C(F)(F)F)c2)CC1)N1CCN(C2CCN(C(=O)c3ccc4[nH]nnc4c3)CC2)CC1. The summed E-state index contributed by atoms with van der Waals surface area (Å²) in [7, 11) is 0. The van der Waals surface area contributed by atoms with Gasteiger partial charge in [0.05, 0.1) is 16.6 Å². The zero-order chi connectivity index (χ0) is 30.6. The van der Waals surface area contributed by atoms with E-state index in [1.165, 1.54) is 4.90 Å². The first-order valence-electron chi connectivity index (χ1n) is 13.9. The molecule has 1 aromatic heterocycles. The van der Waals surface area contributed by atoms with Crippen LogP contribution in [-0.4, -0.2) is 87.4 Å². The molecular formula is C28H28F6N6O3. The highest BCUT2D eigenvalue weighted by atomic mass is 19.4. The van der Waals surface area contributed by atoms with Crippen LogP contribution in [0.3, 0.4) is 0 Å². The number of piperazine rings is 1. The molecule has 0 spiro atoms. The van der Waals surface area contributed by atoms with Crippen LogP contribution in [-0.2, 0) is 22.7 Å². The molecule has 0 bridgehead atoms. The fourth-order valence-electron chi connectivity index (χ4n) is 5.87. The van der Waals surface area contributed by atoms with Gasteiger partial charge in [0.2, 0.25) is 0 Å². The molecule has 15 heteroatoms. The molecule has 3 aromatic rings. The Hall–Kier alpha value is -3.88. The van der Waals surface area contributed by atoms with Crippen LogP contribution in [0.15, 0.2) is 36.4 Å². The molecule has 2 amide bonds. The summed E-state index contributed by atoms with van der Waals surface area (Å²) in [6.07, 6.45) is -8.94. The molecule has 1 N–H and O–H groups in total. The van der Waals surface area contributed by atoms with E-state index in [9.17, 15) is 35.9 Å². The predicted molar refractivity (Wildman–Crippen MR) is 140 cm³/mol. The molecule has 0 unspecified atom stereocenters. The fraction of sp³-hybridized carbons (Fsp3) is 0.500. The number of hydrogen-bond acceptors (Lipinski definition) is 6. The Balaban J connectivity index is 1.03. The van der Waals surface area contributed by atoms with Crippen molar-refractivity contribution in [1.29, 1.82) is 0 Å². The van der Waals surface area contributed by atoms with Gasteiger partial charge >= 0.3 is 18.4 Å². The summed E-state index contributed by atoms with van der Waals surface area (Å²) in [5.41, 5.74) is -2.77. The van der Waals surface area contributed by atoms with Gasteiger partial charge < -0.3 is 14.5 Å². The smallest absolute Gasteiger partial charge is 0.416 e. The molecule has 3 aliphatic rings. The predicted octanol–water partition coefficient (Wildman–Crippen LogP) is 5.04. The quantitative estimate of drug-likeness (QED) is 0.416. The molecule has 9 nitrogen and oxygen atoms in total. The molecule has 2 saturated heterocycles. The Morgan fingerprint density at radius 3 is 2.05 bits per heavy atom. The second kappa shape index (κ2) is 10.7. The molecule has 1 aliphatic carbocycles. The van der Waals surface area contributed by atoms with Crippen molar-refractivity contribution < 1.29 is 40.7 Å². The van der Waals surface area contributed by atoms with Crippen LogP contribution in [0.5, 0.6) is 0 Å². The van der Waals surface area contributed by atoms with E-state index in [1.54, 1.807) is 23.1 Å². The largest absolute Gasteiger partial charge is 0.438 e. The summed E-state index contributed by atoms with van der Waals surface area (Å²) in [6.45, 7) is 2.82. The summed E-state index contributed by atoms with van der Waals surface area (Å²) in [4.78, 5) is 31.5. The minimum absolute atomic E-state index is 0.0680. The van der Waals surface area contributed by atoms with E-state index in [-0.39, 0.29) is 36.4 Å². The summed E-state index contributed by atoms with van der Waals surface area (Å²) in [5.74, 6) is -0.0759. The van der Waals surface area contributed by atoms with E-state index in [1.807, 2.05) is 0 Å². The van der Waals surface area contributed by atoms with Gasteiger partial charge in [-0.2, -0.15) is 26.3 Å². The number of ether oxygens (including phenoxy) is 1. The number of aromatic nitrogens is 3. The van der Waals surface area contributed by atoms with Gasteiger partial charge in [0.15, 0.2) is 0 Å². The molecule has 3 fully saturated rings. The molecule has 1 saturated carbocycles. The third-order valence-corrected chi connectivity index (χ3v) is 8.51. The van der Waals surface area contributed by atoms with Crippen molar-refractivity contribution in [3.05, 3.63) is 58.7 Å². The summed E-state index contributed by atoms with van der Waals surface area (Å²) in [6, 6.07) is 6.76. The van der Waals surface area contributed by atoms with E-state index in [0.717, 1.165) is 18.4 Å². The van der Waals surface area contributed by atoms with E-state index >= 15 is 0 Å². The molecule has 0 atom stereocenters. The van der Waals surface area contributed by atoms with Gasteiger partial charge in [0.1, 0.15) is 11.1 Å². The number of rotatable bonds is 4. The van der Waals surface area contributed by atoms with Gasteiger partial charge in [0.25, 0.3) is 5.91 Å². The number of alkyl halides is 6. The van der Waals surface area contributed by atoms with Gasteiger partial charge in [0, 0.05) is 50.9 Å². The Labute approximate surface area is 241 Å². The number of benzene rings is 2. The molecule has 2 aliphatic heterocycles. The number of fused-ring (bicyclic) bond motifs is 1. The van der Waals surface area contributed by atoms with Crippen molar-refractivity contribution in [2.24, 2.45) is 0 Å². The van der Waals surface area contributed by atoms with E-state index in [0.29, 0.717) is 62.5 Å². The first-order chi connectivity index (χ1) is 20.3. The molecule has 230 valence electrons. The second-order valence-electron chi connectivity index (χ2n) is 11.2. The van der Waals surface area contributed by atoms with E-state index < -0.39 is 35.2 Å². The van der Waals surface area contributed by atoms with Gasteiger partial charge in [-0.15, -0.1) is 5.10 Å². The Morgan fingerprint density at radius 1 is 0.837 bits per heavy atom. The van der Waals surface area contributed by atoms with E-state index in [2.05, 4.69) is 20.3 Å². The third kappa shape index (κ3) is 5.99. The Kier molecular flexibility index (Phi) is 7.26. The van der Waals surface area contributed by atoms with Crippen molar-refractivity contribution in [1.82, 2.24) is 30.1 Å². The number of nitrogens with one attached hydrogen (secondary N) is 1. The average molecular weight is 611 g/mol. The third-order valence-electron chi connectivity index (χ3n) is 8.51. The molecule has 43 heavy (non-hydrogen) atoms. The van der Waals surface area contributed by atoms with Crippen molar-refractivity contribution >= 4 is 23.0 Å². The number of carbonyl (C=O) groups excluding carboxylic acids is 2. The molecule has 2 aromatic carbocycles. The topological polar surface area (TPSA) is 94.7 Å². The average Bonchev–Trinajstić information content (AvgIpc) is 3.61. The maximum Gasteiger partial charge on any atom is 0.416 e. The first kappa shape index (κ1) is 29.2. The van der Waals surface area contributed by atoms with Gasteiger partial charge in [-0.1, -0.05) is 5.21 Å².